The molecule has 0 radical (unpaired) electrons. The molecule has 2 N–H and O–H groups in total. The maximum atomic E-state index is 13.8. The number of carbonyl (C=O) groups excluding carboxylic acids is 3. The second kappa shape index (κ2) is 9.44. The van der Waals surface area contributed by atoms with Crippen molar-refractivity contribution < 1.29 is 28.6 Å². The van der Waals surface area contributed by atoms with E-state index in [-0.39, 0.29) is 17.2 Å². The van der Waals surface area contributed by atoms with Crippen LogP contribution in [-0.4, -0.2) is 34.8 Å². The Balaban J connectivity index is 1.61. The first kappa shape index (κ1) is 24.1. The lowest BCUT2D eigenvalue weighted by atomic mass is 9.98. The Morgan fingerprint density at radius 3 is 2.54 bits per heavy atom. The predicted molar refractivity (Wildman–Crippen MR) is 137 cm³/mol. The summed E-state index contributed by atoms with van der Waals surface area (Å²) in [5.41, 5.74) is 1.41. The van der Waals surface area contributed by atoms with E-state index < -0.39 is 23.5 Å². The fraction of sp³-hybridized carbons (Fsp3) is 0.111. The van der Waals surface area contributed by atoms with Crippen molar-refractivity contribution in [3.63, 3.8) is 0 Å². The molecule has 3 heterocycles. The van der Waals surface area contributed by atoms with E-state index in [1.165, 1.54) is 31.2 Å². The molecule has 2 aromatic carbocycles. The molecule has 0 spiro atoms. The average molecular weight is 518 g/mol. The van der Waals surface area contributed by atoms with Crippen LogP contribution in [0.4, 0.5) is 11.4 Å². The second-order valence-electron chi connectivity index (χ2n) is 8.29. The van der Waals surface area contributed by atoms with Crippen LogP contribution in [0.15, 0.2) is 82.6 Å². The average Bonchev–Trinajstić information content (AvgIpc) is 3.43. The van der Waals surface area contributed by atoms with Crippen LogP contribution in [0.25, 0.3) is 11.0 Å². The number of nitrogens with one attached hydrogen (secondary N) is 1. The Bertz CT molecular complexity index is 1580. The molecule has 0 fully saturated rings. The first-order valence-corrected chi connectivity index (χ1v) is 11.5. The molecule has 1 atom stereocenters. The van der Waals surface area contributed by atoms with E-state index in [9.17, 15) is 19.5 Å². The summed E-state index contributed by atoms with van der Waals surface area (Å²) in [6.07, 6.45) is 1.53. The van der Waals surface area contributed by atoms with E-state index >= 15 is 0 Å². The zero-order valence-electron chi connectivity index (χ0n) is 19.7. The molecule has 0 bridgehead atoms. The Hall–Kier alpha value is -4.63. The lowest BCUT2D eigenvalue weighted by Crippen LogP contribution is -2.31. The Morgan fingerprint density at radius 2 is 1.89 bits per heavy atom. The third kappa shape index (κ3) is 4.30. The SMILES string of the molecule is COc1cc(Cl)cc2cc(C(=O)C3=C(O)C(=O)N(c4ccc(NC(C)=O)cc4)C3c3ccccn3)oc12. The largest absolute Gasteiger partial charge is 0.503 e. The number of hydrogen-bond acceptors (Lipinski definition) is 7. The molecule has 2 aromatic heterocycles. The van der Waals surface area contributed by atoms with Gasteiger partial charge in [-0.15, -0.1) is 0 Å². The summed E-state index contributed by atoms with van der Waals surface area (Å²) < 4.78 is 11.1. The minimum Gasteiger partial charge on any atom is -0.503 e. The number of amides is 2. The number of ether oxygens (including phenoxy) is 1. The fourth-order valence-corrected chi connectivity index (χ4v) is 4.53. The number of anilines is 2. The molecule has 2 amide bonds. The lowest BCUT2D eigenvalue weighted by molar-refractivity contribution is -0.117. The molecule has 186 valence electrons. The molecule has 10 heteroatoms. The summed E-state index contributed by atoms with van der Waals surface area (Å²) in [6, 6.07) is 15.1. The van der Waals surface area contributed by atoms with Gasteiger partial charge in [0.25, 0.3) is 5.91 Å². The van der Waals surface area contributed by atoms with Gasteiger partial charge in [0.05, 0.1) is 18.4 Å². The first-order chi connectivity index (χ1) is 17.8. The van der Waals surface area contributed by atoms with Gasteiger partial charge in [-0.25, -0.2) is 0 Å². The maximum absolute atomic E-state index is 13.8. The monoisotopic (exact) mass is 517 g/mol. The van der Waals surface area contributed by atoms with Gasteiger partial charge in [0.1, 0.15) is 6.04 Å². The highest BCUT2D eigenvalue weighted by Gasteiger charge is 2.46. The number of ketones is 1. The van der Waals surface area contributed by atoms with Gasteiger partial charge in [-0.3, -0.25) is 24.3 Å². The van der Waals surface area contributed by atoms with Crippen LogP contribution >= 0.6 is 11.6 Å². The second-order valence-corrected chi connectivity index (χ2v) is 8.73. The topological polar surface area (TPSA) is 122 Å². The highest BCUT2D eigenvalue weighted by molar-refractivity contribution is 6.31. The summed E-state index contributed by atoms with van der Waals surface area (Å²) >= 11 is 6.15. The van der Waals surface area contributed by atoms with Crippen LogP contribution < -0.4 is 15.0 Å². The van der Waals surface area contributed by atoms with Crippen molar-refractivity contribution in [2.24, 2.45) is 0 Å². The number of aromatic nitrogens is 1. The van der Waals surface area contributed by atoms with Crippen LogP contribution in [0.5, 0.6) is 5.75 Å². The Labute approximate surface area is 215 Å². The third-order valence-electron chi connectivity index (χ3n) is 5.88. The number of carbonyl (C=O) groups is 3. The number of hydrogen-bond donors (Lipinski definition) is 2. The van der Waals surface area contributed by atoms with E-state index in [1.54, 1.807) is 54.6 Å². The van der Waals surface area contributed by atoms with Crippen LogP contribution in [0.1, 0.15) is 29.2 Å². The number of nitrogens with zero attached hydrogens (tertiary/aromatic N) is 2. The van der Waals surface area contributed by atoms with Gasteiger partial charge >= 0.3 is 0 Å². The summed E-state index contributed by atoms with van der Waals surface area (Å²) in [6.45, 7) is 1.39. The zero-order valence-corrected chi connectivity index (χ0v) is 20.4. The third-order valence-corrected chi connectivity index (χ3v) is 6.10. The Morgan fingerprint density at radius 1 is 1.14 bits per heavy atom. The number of fused-ring (bicyclic) bond motifs is 1. The molecule has 0 aliphatic carbocycles. The standard InChI is InChI=1S/C27H20ClN3O6/c1-14(32)30-17-6-8-18(9-7-17)31-23(19-5-3-4-10-29-19)22(25(34)27(31)35)24(33)20-12-15-11-16(28)13-21(36-2)26(15)37-20/h3-13,23,34H,1-2H3,(H,30,32). The number of aliphatic hydroxyl groups excluding tert-OH is 1. The maximum Gasteiger partial charge on any atom is 0.294 e. The number of rotatable bonds is 6. The molecule has 5 rings (SSSR count). The van der Waals surface area contributed by atoms with Crippen molar-refractivity contribution in [1.29, 1.82) is 0 Å². The number of halogens is 1. The normalized spacial score (nSPS) is 15.4. The molecule has 9 nitrogen and oxygen atoms in total. The predicted octanol–water partition coefficient (Wildman–Crippen LogP) is 5.23. The van der Waals surface area contributed by atoms with Gasteiger partial charge in [-0.1, -0.05) is 17.7 Å². The van der Waals surface area contributed by atoms with Crippen LogP contribution in [0.2, 0.25) is 5.02 Å². The number of furan rings is 1. The molecule has 0 saturated heterocycles. The smallest absolute Gasteiger partial charge is 0.294 e. The van der Waals surface area contributed by atoms with Crippen LogP contribution in [0, 0.1) is 0 Å². The lowest BCUT2D eigenvalue weighted by Gasteiger charge is -2.26. The van der Waals surface area contributed by atoms with E-state index in [1.807, 2.05) is 0 Å². The van der Waals surface area contributed by atoms with E-state index in [0.717, 1.165) is 0 Å². The molecule has 0 saturated carbocycles. The van der Waals surface area contributed by atoms with Crippen molar-refractivity contribution in [2.75, 3.05) is 17.3 Å². The Kier molecular flexibility index (Phi) is 6.14. The molecule has 1 unspecified atom stereocenters. The number of methoxy groups -OCH3 is 1. The zero-order chi connectivity index (χ0) is 26.3. The van der Waals surface area contributed by atoms with Crippen molar-refractivity contribution >= 4 is 51.5 Å². The van der Waals surface area contributed by atoms with Crippen LogP contribution in [0.3, 0.4) is 0 Å². The number of aliphatic hydroxyl groups is 1. The van der Waals surface area contributed by atoms with E-state index in [4.69, 9.17) is 20.8 Å². The highest BCUT2D eigenvalue weighted by Crippen LogP contribution is 2.42. The quantitative estimate of drug-likeness (QED) is 0.336. The number of pyridine rings is 1. The first-order valence-electron chi connectivity index (χ1n) is 11.2. The molecule has 37 heavy (non-hydrogen) atoms. The summed E-state index contributed by atoms with van der Waals surface area (Å²) in [5, 5.41) is 14.5. The van der Waals surface area contributed by atoms with Crippen molar-refractivity contribution in [2.45, 2.75) is 13.0 Å². The summed E-state index contributed by atoms with van der Waals surface area (Å²) in [4.78, 5) is 44.1. The summed E-state index contributed by atoms with van der Waals surface area (Å²) in [5.74, 6) is -2.18. The molecular weight excluding hydrogens is 498 g/mol. The highest BCUT2D eigenvalue weighted by atomic mass is 35.5. The van der Waals surface area contributed by atoms with Gasteiger partial charge in [-0.05, 0) is 48.5 Å². The fourth-order valence-electron chi connectivity index (χ4n) is 4.31. The van der Waals surface area contributed by atoms with Crippen molar-refractivity contribution in [1.82, 2.24) is 4.98 Å². The van der Waals surface area contributed by atoms with Crippen molar-refractivity contribution in [3.05, 3.63) is 94.7 Å². The minimum atomic E-state index is -1.04. The van der Waals surface area contributed by atoms with E-state index in [0.29, 0.717) is 38.8 Å². The van der Waals surface area contributed by atoms with Gasteiger partial charge < -0.3 is 19.6 Å². The molecule has 4 aromatic rings. The number of benzene rings is 2. The van der Waals surface area contributed by atoms with Gasteiger partial charge in [0.15, 0.2) is 22.9 Å². The molecule has 1 aliphatic rings. The van der Waals surface area contributed by atoms with Crippen LogP contribution in [-0.2, 0) is 9.59 Å². The molecule has 1 aliphatic heterocycles. The van der Waals surface area contributed by atoms with Crippen molar-refractivity contribution in [3.8, 4) is 5.75 Å². The minimum absolute atomic E-state index is 0.103. The van der Waals surface area contributed by atoms with Gasteiger partial charge in [-0.2, -0.15) is 0 Å². The number of Topliss-reactive ketones (excluding diaryl/α,β-unsaturated/α-hetero) is 1. The van der Waals surface area contributed by atoms with E-state index in [2.05, 4.69) is 10.3 Å². The van der Waals surface area contributed by atoms with Gasteiger partial charge in [0, 0.05) is 41.0 Å². The summed E-state index contributed by atoms with van der Waals surface area (Å²) in [7, 11) is 1.45. The van der Waals surface area contributed by atoms with Gasteiger partial charge in [0.2, 0.25) is 11.7 Å². The molecular formula is C27H20ClN3O6.